The van der Waals surface area contributed by atoms with Crippen LogP contribution in [-0.4, -0.2) is 15.9 Å². The van der Waals surface area contributed by atoms with E-state index < -0.39 is 0 Å². The fraction of sp³-hybridized carbons (Fsp3) is 0. The van der Waals surface area contributed by atoms with Gasteiger partial charge in [-0.2, -0.15) is 0 Å². The van der Waals surface area contributed by atoms with Gasteiger partial charge in [0.05, 0.1) is 5.52 Å². The van der Waals surface area contributed by atoms with Crippen molar-refractivity contribution in [2.45, 2.75) is 0 Å². The third-order valence-electron chi connectivity index (χ3n) is 2.94. The summed E-state index contributed by atoms with van der Waals surface area (Å²) in [7, 11) is 0. The molecule has 0 spiro atoms. The van der Waals surface area contributed by atoms with E-state index in [-0.39, 0.29) is 17.5 Å². The first kappa shape index (κ1) is 13.5. The Morgan fingerprint density at radius 1 is 1.05 bits per heavy atom. The highest BCUT2D eigenvalue weighted by atomic mass is 79.9. The standard InChI is InChI=1S/C15H11BrN4O/c16-9-5-7-10(8-6-9)18-14(21)13-11-3-1-2-4-12(11)19-15(17)20-13/h1-8H,(H,18,21)(H2,17,19,20). The van der Waals surface area contributed by atoms with E-state index in [4.69, 9.17) is 5.73 Å². The second-order valence-electron chi connectivity index (χ2n) is 4.41. The van der Waals surface area contributed by atoms with Crippen molar-refractivity contribution in [2.24, 2.45) is 0 Å². The summed E-state index contributed by atoms with van der Waals surface area (Å²) in [5.74, 6) is -0.239. The number of halogens is 1. The van der Waals surface area contributed by atoms with Gasteiger partial charge in [0.25, 0.3) is 5.91 Å². The number of hydrogen-bond acceptors (Lipinski definition) is 4. The van der Waals surface area contributed by atoms with E-state index in [1.807, 2.05) is 24.3 Å². The zero-order valence-corrected chi connectivity index (χ0v) is 12.5. The maximum atomic E-state index is 12.4. The molecular formula is C15H11BrN4O. The van der Waals surface area contributed by atoms with Crippen LogP contribution in [0, 0.1) is 0 Å². The van der Waals surface area contributed by atoms with Crippen LogP contribution in [0.2, 0.25) is 0 Å². The van der Waals surface area contributed by atoms with Crippen molar-refractivity contribution >= 4 is 44.4 Å². The summed E-state index contributed by atoms with van der Waals surface area (Å²) in [6, 6.07) is 14.6. The summed E-state index contributed by atoms with van der Waals surface area (Å²) in [6.45, 7) is 0. The molecule has 0 bridgehead atoms. The number of nitrogens with two attached hydrogens (primary N) is 1. The van der Waals surface area contributed by atoms with Crippen LogP contribution in [0.1, 0.15) is 10.5 Å². The first-order valence-corrected chi connectivity index (χ1v) is 7.02. The van der Waals surface area contributed by atoms with Crippen molar-refractivity contribution in [3.63, 3.8) is 0 Å². The molecule has 6 heteroatoms. The van der Waals surface area contributed by atoms with Crippen molar-refractivity contribution in [1.29, 1.82) is 0 Å². The van der Waals surface area contributed by atoms with E-state index in [2.05, 4.69) is 31.2 Å². The Kier molecular flexibility index (Phi) is 3.53. The molecule has 0 atom stereocenters. The number of rotatable bonds is 2. The third-order valence-corrected chi connectivity index (χ3v) is 3.47. The van der Waals surface area contributed by atoms with Gasteiger partial charge in [0.15, 0.2) is 0 Å². The largest absolute Gasteiger partial charge is 0.368 e. The monoisotopic (exact) mass is 342 g/mol. The lowest BCUT2D eigenvalue weighted by Gasteiger charge is -2.08. The molecule has 2 aromatic carbocycles. The Balaban J connectivity index is 1.99. The van der Waals surface area contributed by atoms with E-state index in [0.29, 0.717) is 16.6 Å². The first-order chi connectivity index (χ1) is 10.1. The molecule has 0 aliphatic heterocycles. The maximum Gasteiger partial charge on any atom is 0.275 e. The van der Waals surface area contributed by atoms with Gasteiger partial charge in [0.2, 0.25) is 5.95 Å². The average molecular weight is 343 g/mol. The highest BCUT2D eigenvalue weighted by Crippen LogP contribution is 2.19. The first-order valence-electron chi connectivity index (χ1n) is 6.22. The van der Waals surface area contributed by atoms with Gasteiger partial charge >= 0.3 is 0 Å². The number of nitrogens with one attached hydrogen (secondary N) is 1. The molecule has 0 unspecified atom stereocenters. The molecule has 0 radical (unpaired) electrons. The van der Waals surface area contributed by atoms with Gasteiger partial charge in [-0.25, -0.2) is 9.97 Å². The van der Waals surface area contributed by atoms with Crippen molar-refractivity contribution in [2.75, 3.05) is 11.1 Å². The molecule has 0 fully saturated rings. The van der Waals surface area contributed by atoms with E-state index in [9.17, 15) is 4.79 Å². The van der Waals surface area contributed by atoms with Crippen molar-refractivity contribution < 1.29 is 4.79 Å². The Labute approximate surface area is 129 Å². The number of nitrogens with zero attached hydrogens (tertiary/aromatic N) is 2. The molecule has 5 nitrogen and oxygen atoms in total. The van der Waals surface area contributed by atoms with Crippen molar-refractivity contribution in [3.05, 3.63) is 58.7 Å². The number of hydrogen-bond donors (Lipinski definition) is 2. The van der Waals surface area contributed by atoms with Crippen LogP contribution >= 0.6 is 15.9 Å². The van der Waals surface area contributed by atoms with Crippen LogP contribution in [0.4, 0.5) is 11.6 Å². The fourth-order valence-electron chi connectivity index (χ4n) is 1.99. The number of carbonyl (C=O) groups is 1. The van der Waals surface area contributed by atoms with Crippen LogP contribution in [0.15, 0.2) is 53.0 Å². The Hall–Kier alpha value is -2.47. The molecular weight excluding hydrogens is 332 g/mol. The highest BCUT2D eigenvalue weighted by Gasteiger charge is 2.14. The molecule has 104 valence electrons. The van der Waals surface area contributed by atoms with E-state index in [0.717, 1.165) is 4.47 Å². The molecule has 21 heavy (non-hydrogen) atoms. The highest BCUT2D eigenvalue weighted by molar-refractivity contribution is 9.10. The maximum absolute atomic E-state index is 12.4. The second kappa shape index (κ2) is 5.49. The summed E-state index contributed by atoms with van der Waals surface area (Å²) < 4.78 is 0.942. The summed E-state index contributed by atoms with van der Waals surface area (Å²) in [6.07, 6.45) is 0. The number of benzene rings is 2. The normalized spacial score (nSPS) is 10.5. The van der Waals surface area contributed by atoms with Gasteiger partial charge in [-0.3, -0.25) is 4.79 Å². The number of anilines is 2. The van der Waals surface area contributed by atoms with Crippen LogP contribution < -0.4 is 11.1 Å². The average Bonchev–Trinajstić information content (AvgIpc) is 2.48. The van der Waals surface area contributed by atoms with Gasteiger partial charge in [-0.1, -0.05) is 34.1 Å². The van der Waals surface area contributed by atoms with E-state index in [1.165, 1.54) is 0 Å². The number of nitrogen functional groups attached to an aromatic ring is 1. The predicted molar refractivity (Wildman–Crippen MR) is 86.0 cm³/mol. The van der Waals surface area contributed by atoms with Gasteiger partial charge in [-0.05, 0) is 30.3 Å². The molecule has 1 aromatic heterocycles. The summed E-state index contributed by atoms with van der Waals surface area (Å²) in [5.41, 5.74) is 7.26. The van der Waals surface area contributed by atoms with Crippen LogP contribution in [0.25, 0.3) is 10.9 Å². The zero-order valence-electron chi connectivity index (χ0n) is 10.9. The minimum absolute atomic E-state index is 0.0784. The van der Waals surface area contributed by atoms with Crippen LogP contribution in [-0.2, 0) is 0 Å². The molecule has 0 saturated carbocycles. The molecule has 1 heterocycles. The molecule has 0 aliphatic carbocycles. The summed E-state index contributed by atoms with van der Waals surface area (Å²) >= 11 is 3.35. The molecule has 0 saturated heterocycles. The quantitative estimate of drug-likeness (QED) is 0.749. The predicted octanol–water partition coefficient (Wildman–Crippen LogP) is 3.23. The van der Waals surface area contributed by atoms with Gasteiger partial charge < -0.3 is 11.1 Å². The third kappa shape index (κ3) is 2.85. The second-order valence-corrected chi connectivity index (χ2v) is 5.32. The number of para-hydroxylation sites is 1. The number of carbonyl (C=O) groups excluding carboxylic acids is 1. The van der Waals surface area contributed by atoms with Crippen LogP contribution in [0.5, 0.6) is 0 Å². The Morgan fingerprint density at radius 2 is 1.76 bits per heavy atom. The lowest BCUT2D eigenvalue weighted by Crippen LogP contribution is -2.15. The van der Waals surface area contributed by atoms with Gasteiger partial charge in [-0.15, -0.1) is 0 Å². The summed E-state index contributed by atoms with van der Waals surface area (Å²) in [5, 5.41) is 3.47. The molecule has 3 rings (SSSR count). The minimum Gasteiger partial charge on any atom is -0.368 e. The minimum atomic E-state index is -0.317. The lowest BCUT2D eigenvalue weighted by atomic mass is 10.1. The summed E-state index contributed by atoms with van der Waals surface area (Å²) in [4.78, 5) is 20.6. The lowest BCUT2D eigenvalue weighted by molar-refractivity contribution is 0.102. The SMILES string of the molecule is Nc1nc(C(=O)Nc2ccc(Br)cc2)c2ccccc2n1. The molecule has 3 N–H and O–H groups in total. The van der Waals surface area contributed by atoms with Crippen molar-refractivity contribution in [1.82, 2.24) is 9.97 Å². The van der Waals surface area contributed by atoms with Crippen LogP contribution in [0.3, 0.4) is 0 Å². The molecule has 1 amide bonds. The topological polar surface area (TPSA) is 80.9 Å². The van der Waals surface area contributed by atoms with Crippen molar-refractivity contribution in [3.8, 4) is 0 Å². The Bertz CT molecular complexity index is 818. The number of aromatic nitrogens is 2. The smallest absolute Gasteiger partial charge is 0.275 e. The van der Waals surface area contributed by atoms with Gasteiger partial charge in [0, 0.05) is 15.5 Å². The number of fused-ring (bicyclic) bond motifs is 1. The Morgan fingerprint density at radius 3 is 2.52 bits per heavy atom. The fourth-order valence-corrected chi connectivity index (χ4v) is 2.26. The molecule has 0 aliphatic rings. The zero-order chi connectivity index (χ0) is 14.8. The van der Waals surface area contributed by atoms with Gasteiger partial charge in [0.1, 0.15) is 5.69 Å². The number of amides is 1. The van der Waals surface area contributed by atoms with E-state index in [1.54, 1.807) is 24.3 Å². The molecule has 3 aromatic rings. The van der Waals surface area contributed by atoms with E-state index >= 15 is 0 Å².